The highest BCUT2D eigenvalue weighted by Gasteiger charge is 2.38. The summed E-state index contributed by atoms with van der Waals surface area (Å²) in [6.07, 6.45) is 6.53. The van der Waals surface area contributed by atoms with Gasteiger partial charge in [0.25, 0.3) is 0 Å². The Kier molecular flexibility index (Phi) is 10.3. The number of amides is 3. The van der Waals surface area contributed by atoms with Gasteiger partial charge >= 0.3 is 5.97 Å². The van der Waals surface area contributed by atoms with Crippen molar-refractivity contribution in [3.63, 3.8) is 0 Å². The minimum atomic E-state index is -1.23. The fourth-order valence-corrected chi connectivity index (χ4v) is 5.27. The SMILES string of the molecule is NC(N)=NCCCC(NC(=O)C(Cc1c[nH]c2ccccc12)NC(=O)C1CCCN1C(=O)C(N)Cc1cnc[nH]1)C(=O)O. The van der Waals surface area contributed by atoms with Crippen LogP contribution in [0.4, 0.5) is 0 Å². The summed E-state index contributed by atoms with van der Waals surface area (Å²) in [6, 6.07) is 3.45. The zero-order chi connectivity index (χ0) is 30.9. The number of benzene rings is 1. The molecule has 1 fully saturated rings. The van der Waals surface area contributed by atoms with Gasteiger partial charge in [0.05, 0.1) is 12.4 Å². The maximum atomic E-state index is 13.6. The van der Waals surface area contributed by atoms with Crippen LogP contribution in [0.15, 0.2) is 48.0 Å². The van der Waals surface area contributed by atoms with Crippen molar-refractivity contribution in [1.82, 2.24) is 30.5 Å². The number of aliphatic carboxylic acids is 1. The highest BCUT2D eigenvalue weighted by atomic mass is 16.4. The molecular weight excluding hydrogens is 556 g/mol. The average molecular weight is 595 g/mol. The van der Waals surface area contributed by atoms with E-state index in [0.717, 1.165) is 16.5 Å². The Morgan fingerprint density at radius 3 is 2.63 bits per heavy atom. The summed E-state index contributed by atoms with van der Waals surface area (Å²) >= 11 is 0. The number of aromatic amines is 2. The number of carboxylic acid groups (broad SMARTS) is 1. The van der Waals surface area contributed by atoms with Crippen molar-refractivity contribution in [3.05, 3.63) is 54.2 Å². The first-order valence-electron chi connectivity index (χ1n) is 14.1. The highest BCUT2D eigenvalue weighted by Crippen LogP contribution is 2.22. The molecule has 15 nitrogen and oxygen atoms in total. The van der Waals surface area contributed by atoms with E-state index < -0.39 is 42.0 Å². The summed E-state index contributed by atoms with van der Waals surface area (Å²) in [5.41, 5.74) is 19.1. The van der Waals surface area contributed by atoms with E-state index in [1.54, 1.807) is 12.4 Å². The molecule has 1 aliphatic rings. The second-order valence-electron chi connectivity index (χ2n) is 10.6. The van der Waals surface area contributed by atoms with Gasteiger partial charge < -0.3 is 47.8 Å². The Morgan fingerprint density at radius 1 is 1.12 bits per heavy atom. The molecule has 3 amide bonds. The van der Waals surface area contributed by atoms with Crippen LogP contribution in [0.5, 0.6) is 0 Å². The average Bonchev–Trinajstić information content (AvgIpc) is 3.75. The van der Waals surface area contributed by atoms with Gasteiger partial charge in [0, 0.05) is 54.9 Å². The summed E-state index contributed by atoms with van der Waals surface area (Å²) in [5.74, 6) is -2.90. The summed E-state index contributed by atoms with van der Waals surface area (Å²) < 4.78 is 0. The van der Waals surface area contributed by atoms with Gasteiger partial charge in [-0.25, -0.2) is 9.78 Å². The number of nitrogens with two attached hydrogens (primary N) is 3. The van der Waals surface area contributed by atoms with Crippen molar-refractivity contribution in [2.75, 3.05) is 13.1 Å². The molecule has 0 aliphatic carbocycles. The number of carbonyl (C=O) groups is 4. The normalized spacial score (nSPS) is 16.8. The molecule has 1 aliphatic heterocycles. The maximum Gasteiger partial charge on any atom is 0.326 e. The van der Waals surface area contributed by atoms with Gasteiger partial charge in [-0.1, -0.05) is 18.2 Å². The predicted molar refractivity (Wildman–Crippen MR) is 158 cm³/mol. The molecule has 43 heavy (non-hydrogen) atoms. The third-order valence-corrected chi connectivity index (χ3v) is 7.44. The molecule has 0 bridgehead atoms. The predicted octanol–water partition coefficient (Wildman–Crippen LogP) is -0.898. The maximum absolute atomic E-state index is 13.6. The van der Waals surface area contributed by atoms with Gasteiger partial charge in [-0.2, -0.15) is 0 Å². The van der Waals surface area contributed by atoms with E-state index in [9.17, 15) is 24.3 Å². The number of H-pyrrole nitrogens is 2. The molecular formula is C28H38N10O5. The number of nitrogens with one attached hydrogen (secondary N) is 4. The van der Waals surface area contributed by atoms with E-state index in [2.05, 4.69) is 30.6 Å². The largest absolute Gasteiger partial charge is 0.480 e. The first-order valence-corrected chi connectivity index (χ1v) is 14.1. The Balaban J connectivity index is 1.50. The number of fused-ring (bicyclic) bond motifs is 1. The quantitative estimate of drug-likeness (QED) is 0.0653. The molecule has 3 aromatic rings. The number of nitrogens with zero attached hydrogens (tertiary/aromatic N) is 3. The van der Waals surface area contributed by atoms with Gasteiger partial charge in [-0.15, -0.1) is 0 Å². The van der Waals surface area contributed by atoms with Crippen molar-refractivity contribution in [1.29, 1.82) is 0 Å². The molecule has 0 radical (unpaired) electrons. The van der Waals surface area contributed by atoms with Gasteiger partial charge in [-0.05, 0) is 37.3 Å². The van der Waals surface area contributed by atoms with E-state index in [0.29, 0.717) is 31.5 Å². The van der Waals surface area contributed by atoms with Crippen LogP contribution >= 0.6 is 0 Å². The van der Waals surface area contributed by atoms with Crippen LogP contribution in [0.1, 0.15) is 36.9 Å². The van der Waals surface area contributed by atoms with Gasteiger partial charge in [-0.3, -0.25) is 19.4 Å². The van der Waals surface area contributed by atoms with E-state index in [1.807, 2.05) is 24.3 Å². The molecule has 3 heterocycles. The number of imidazole rings is 1. The Labute approximate surface area is 247 Å². The van der Waals surface area contributed by atoms with Gasteiger partial charge in [0.15, 0.2) is 5.96 Å². The van der Waals surface area contributed by atoms with Crippen LogP contribution < -0.4 is 27.8 Å². The van der Waals surface area contributed by atoms with Crippen molar-refractivity contribution in [2.45, 2.75) is 62.7 Å². The summed E-state index contributed by atoms with van der Waals surface area (Å²) in [4.78, 5) is 67.6. The van der Waals surface area contributed by atoms with Gasteiger partial charge in [0.2, 0.25) is 17.7 Å². The van der Waals surface area contributed by atoms with Crippen LogP contribution in [-0.2, 0) is 32.0 Å². The smallest absolute Gasteiger partial charge is 0.326 e. The third kappa shape index (κ3) is 8.09. The van der Waals surface area contributed by atoms with E-state index in [1.165, 1.54) is 11.2 Å². The van der Waals surface area contributed by atoms with E-state index >= 15 is 0 Å². The van der Waals surface area contributed by atoms with Gasteiger partial charge in [0.1, 0.15) is 18.1 Å². The first-order chi connectivity index (χ1) is 20.6. The standard InChI is InChI=1S/C28H38N10O5/c29-19(12-17-14-32-15-35-17)26(41)38-10-4-8-23(38)25(40)37-22(11-16-13-34-20-6-2-1-5-18(16)20)24(39)36-21(27(42)43)7-3-9-33-28(30)31/h1-2,5-6,13-15,19,21-23,34H,3-4,7-12,29H2,(H,32,35)(H,36,39)(H,37,40)(H,42,43)(H4,30,31,33). The van der Waals surface area contributed by atoms with E-state index in [4.69, 9.17) is 17.2 Å². The lowest BCUT2D eigenvalue weighted by atomic mass is 10.0. The van der Waals surface area contributed by atoms with Crippen molar-refractivity contribution in [2.24, 2.45) is 22.2 Å². The molecule has 2 aromatic heterocycles. The fourth-order valence-electron chi connectivity index (χ4n) is 5.27. The van der Waals surface area contributed by atoms with Crippen molar-refractivity contribution >= 4 is 40.6 Å². The van der Waals surface area contributed by atoms with Crippen molar-refractivity contribution in [3.8, 4) is 0 Å². The monoisotopic (exact) mass is 594 g/mol. The van der Waals surface area contributed by atoms with Crippen molar-refractivity contribution < 1.29 is 24.3 Å². The Morgan fingerprint density at radius 2 is 1.91 bits per heavy atom. The fraction of sp³-hybridized carbons (Fsp3) is 0.429. The lowest BCUT2D eigenvalue weighted by molar-refractivity contribution is -0.143. The topological polar surface area (TPSA) is 251 Å². The number of aliphatic imine (C=N–C) groups is 1. The minimum absolute atomic E-state index is 0.0741. The number of carboxylic acids is 1. The Bertz CT molecular complexity index is 1450. The number of aromatic nitrogens is 3. The third-order valence-electron chi connectivity index (χ3n) is 7.44. The number of likely N-dealkylation sites (tertiary alicyclic amines) is 1. The van der Waals surface area contributed by atoms with Crippen LogP contribution in [0.3, 0.4) is 0 Å². The second-order valence-corrected chi connectivity index (χ2v) is 10.6. The van der Waals surface area contributed by atoms with Crippen LogP contribution in [-0.4, -0.2) is 91.9 Å². The molecule has 0 spiro atoms. The molecule has 1 aromatic carbocycles. The highest BCUT2D eigenvalue weighted by molar-refractivity contribution is 5.95. The molecule has 230 valence electrons. The number of para-hydroxylation sites is 1. The van der Waals surface area contributed by atoms with Crippen LogP contribution in [0.2, 0.25) is 0 Å². The molecule has 4 rings (SSSR count). The molecule has 4 atom stereocenters. The Hall–Kier alpha value is -4.92. The summed E-state index contributed by atoms with van der Waals surface area (Å²) in [6.45, 7) is 0.551. The van der Waals surface area contributed by atoms with Crippen LogP contribution in [0.25, 0.3) is 10.9 Å². The lowest BCUT2D eigenvalue weighted by Crippen LogP contribution is -2.57. The molecule has 4 unspecified atom stereocenters. The number of rotatable bonds is 14. The molecule has 11 N–H and O–H groups in total. The first kappa shape index (κ1) is 31.0. The number of hydrogen-bond donors (Lipinski definition) is 8. The molecule has 1 saturated heterocycles. The second kappa shape index (κ2) is 14.3. The zero-order valence-corrected chi connectivity index (χ0v) is 23.7. The lowest BCUT2D eigenvalue weighted by Gasteiger charge is -2.28. The van der Waals surface area contributed by atoms with Crippen LogP contribution in [0, 0.1) is 0 Å². The zero-order valence-electron chi connectivity index (χ0n) is 23.7. The molecule has 0 saturated carbocycles. The number of guanidine groups is 1. The summed E-state index contributed by atoms with van der Waals surface area (Å²) in [7, 11) is 0. The number of hydrogen-bond acceptors (Lipinski definition) is 7. The molecule has 15 heteroatoms. The van der Waals surface area contributed by atoms with E-state index in [-0.39, 0.29) is 37.7 Å². The minimum Gasteiger partial charge on any atom is -0.480 e. The number of carbonyl (C=O) groups excluding carboxylic acids is 3. The summed E-state index contributed by atoms with van der Waals surface area (Å²) in [5, 5.41) is 16.0.